The Bertz CT molecular complexity index is 2200. The van der Waals surface area contributed by atoms with Crippen molar-refractivity contribution in [3.8, 4) is 5.69 Å². The molecule has 0 spiro atoms. The molecule has 0 atom stereocenters. The molecule has 1 aromatic heterocycles. The largest absolute Gasteiger partial charge is 0.283 e. The molecule has 7 rings (SSSR count). The summed E-state index contributed by atoms with van der Waals surface area (Å²) in [6.45, 7) is 0. The van der Waals surface area contributed by atoms with E-state index in [0.717, 1.165) is 23.0 Å². The van der Waals surface area contributed by atoms with E-state index in [1.165, 1.54) is 21.9 Å². The minimum absolute atomic E-state index is 0.00133. The van der Waals surface area contributed by atoms with Gasteiger partial charge in [0.2, 0.25) is 5.16 Å². The van der Waals surface area contributed by atoms with Gasteiger partial charge in [0.05, 0.1) is 21.2 Å². The molecule has 1 fully saturated rings. The number of amides is 2. The minimum atomic E-state index is -0.638. The predicted octanol–water partition coefficient (Wildman–Crippen LogP) is 7.67. The van der Waals surface area contributed by atoms with Crippen LogP contribution in [0.15, 0.2) is 155 Å². The summed E-state index contributed by atoms with van der Waals surface area (Å²) in [5.41, 5.74) is 2.69. The van der Waals surface area contributed by atoms with Crippen molar-refractivity contribution >= 4 is 64.0 Å². The van der Waals surface area contributed by atoms with Gasteiger partial charge in [0.1, 0.15) is 11.4 Å². The summed E-state index contributed by atoms with van der Waals surface area (Å²) < 4.78 is 1.88. The van der Waals surface area contributed by atoms with E-state index in [2.05, 4.69) is 10.2 Å². The fraction of sp³-hybridized carbons (Fsp3) is 0.0263. The highest BCUT2D eigenvalue weighted by molar-refractivity contribution is 7.99. The van der Waals surface area contributed by atoms with Gasteiger partial charge >= 0.3 is 0 Å². The summed E-state index contributed by atoms with van der Waals surface area (Å²) in [6, 6.07) is 41.5. The van der Waals surface area contributed by atoms with Crippen LogP contribution in [0.1, 0.15) is 17.0 Å². The Kier molecular flexibility index (Phi) is 9.10. The average molecular weight is 695 g/mol. The number of benzene rings is 5. The lowest BCUT2D eigenvalue weighted by Crippen LogP contribution is -2.56. The van der Waals surface area contributed by atoms with E-state index in [0.29, 0.717) is 39.2 Å². The van der Waals surface area contributed by atoms with Crippen LogP contribution in [0.2, 0.25) is 0 Å². The highest BCUT2D eigenvalue weighted by atomic mass is 32.2. The summed E-state index contributed by atoms with van der Waals surface area (Å²) in [7, 11) is 0. The first kappa shape index (κ1) is 32.3. The second-order valence-electron chi connectivity index (χ2n) is 11.1. The molecule has 50 heavy (non-hydrogen) atoms. The van der Waals surface area contributed by atoms with E-state index < -0.39 is 16.7 Å². The van der Waals surface area contributed by atoms with Gasteiger partial charge in [-0.3, -0.25) is 34.1 Å². The molecule has 2 heterocycles. The van der Waals surface area contributed by atoms with Gasteiger partial charge in [-0.15, -0.1) is 10.2 Å². The number of nitro benzene ring substituents is 1. The van der Waals surface area contributed by atoms with Crippen LogP contribution < -0.4 is 9.80 Å². The maximum absolute atomic E-state index is 13.9. The summed E-state index contributed by atoms with van der Waals surface area (Å²) in [4.78, 5) is 42.7. The molecule has 12 heteroatoms. The molecule has 5 aromatic carbocycles. The smallest absolute Gasteiger partial charge is 0.273 e. The van der Waals surface area contributed by atoms with E-state index >= 15 is 0 Å². The lowest BCUT2D eigenvalue weighted by molar-refractivity contribution is -0.387. The highest BCUT2D eigenvalue weighted by Crippen LogP contribution is 2.37. The van der Waals surface area contributed by atoms with Gasteiger partial charge in [0.15, 0.2) is 5.11 Å². The van der Waals surface area contributed by atoms with E-state index in [4.69, 9.17) is 12.2 Å². The van der Waals surface area contributed by atoms with Gasteiger partial charge in [-0.2, -0.15) is 0 Å². The third kappa shape index (κ3) is 6.44. The lowest BCUT2D eigenvalue weighted by atomic mass is 10.0. The molecule has 0 aliphatic carbocycles. The van der Waals surface area contributed by atoms with Crippen LogP contribution in [-0.4, -0.2) is 36.6 Å². The Balaban J connectivity index is 1.27. The summed E-state index contributed by atoms with van der Waals surface area (Å²) >= 11 is 6.79. The standard InChI is InChI=1S/C38H26N6O4S2/c45-35-31(36(46)43(30-19-11-4-12-20-30)38(49)42(35)29-17-9-3-10-18-29)23-27-21-22-33(32(24-27)44(47)48)50-37-40-39-34(25-26-13-5-1-6-14-26)41(37)28-15-7-2-8-16-28/h1-24H,25H2. The number of hydrogen-bond donors (Lipinski definition) is 0. The van der Waals surface area contributed by atoms with Crippen LogP contribution >= 0.6 is 24.0 Å². The second kappa shape index (κ2) is 14.1. The van der Waals surface area contributed by atoms with Crippen molar-refractivity contribution in [3.63, 3.8) is 0 Å². The molecule has 1 saturated heterocycles. The van der Waals surface area contributed by atoms with Crippen LogP contribution in [0.25, 0.3) is 11.8 Å². The monoisotopic (exact) mass is 694 g/mol. The van der Waals surface area contributed by atoms with Gasteiger partial charge in [-0.25, -0.2) is 0 Å². The zero-order chi connectivity index (χ0) is 34.6. The number of aromatic nitrogens is 3. The number of carbonyl (C=O) groups excluding carboxylic acids is 2. The molecule has 0 bridgehead atoms. The van der Waals surface area contributed by atoms with Crippen molar-refractivity contribution in [3.05, 3.63) is 172 Å². The maximum atomic E-state index is 13.9. The zero-order valence-corrected chi connectivity index (χ0v) is 27.8. The van der Waals surface area contributed by atoms with Crippen LogP contribution in [0.5, 0.6) is 0 Å². The number of hydrogen-bond acceptors (Lipinski definition) is 8. The van der Waals surface area contributed by atoms with E-state index in [-0.39, 0.29) is 16.4 Å². The Morgan fingerprint density at radius 3 is 1.76 bits per heavy atom. The van der Waals surface area contributed by atoms with Gasteiger partial charge in [0.25, 0.3) is 17.5 Å². The number of carbonyl (C=O) groups is 2. The molecular formula is C38H26N6O4S2. The molecular weight excluding hydrogens is 669 g/mol. The Morgan fingerprint density at radius 2 is 1.22 bits per heavy atom. The fourth-order valence-electron chi connectivity index (χ4n) is 5.55. The van der Waals surface area contributed by atoms with Crippen molar-refractivity contribution in [2.75, 3.05) is 9.80 Å². The number of thiocarbonyl (C=S) groups is 1. The molecule has 1 aliphatic rings. The summed E-state index contributed by atoms with van der Waals surface area (Å²) in [5, 5.41) is 21.8. The second-order valence-corrected chi connectivity index (χ2v) is 12.5. The molecule has 0 unspecified atom stereocenters. The van der Waals surface area contributed by atoms with Crippen LogP contribution in [-0.2, 0) is 16.0 Å². The molecule has 0 saturated carbocycles. The van der Waals surface area contributed by atoms with Crippen molar-refractivity contribution in [1.82, 2.24) is 14.8 Å². The SMILES string of the molecule is O=C1C(=Cc2ccc(Sc3nnc(Cc4ccccc4)n3-c3ccccc3)c([N+](=O)[O-])c2)C(=O)N(c2ccccc2)C(=S)N1c1ccccc1. The van der Waals surface area contributed by atoms with Crippen LogP contribution in [0.3, 0.4) is 0 Å². The topological polar surface area (TPSA) is 114 Å². The fourth-order valence-corrected chi connectivity index (χ4v) is 6.88. The highest BCUT2D eigenvalue weighted by Gasteiger charge is 2.41. The van der Waals surface area contributed by atoms with Crippen LogP contribution in [0.4, 0.5) is 17.1 Å². The van der Waals surface area contributed by atoms with E-state index in [9.17, 15) is 19.7 Å². The van der Waals surface area contributed by atoms with Crippen molar-refractivity contribution in [1.29, 1.82) is 0 Å². The molecule has 10 nitrogen and oxygen atoms in total. The average Bonchev–Trinajstić information content (AvgIpc) is 3.53. The molecule has 244 valence electrons. The summed E-state index contributed by atoms with van der Waals surface area (Å²) in [5.74, 6) is -0.602. The third-order valence-corrected chi connectivity index (χ3v) is 9.27. The van der Waals surface area contributed by atoms with Gasteiger partial charge in [-0.1, -0.05) is 91.0 Å². The Morgan fingerprint density at radius 1 is 0.700 bits per heavy atom. The van der Waals surface area contributed by atoms with Crippen molar-refractivity contribution in [2.45, 2.75) is 16.5 Å². The Hall–Kier alpha value is -6.24. The lowest BCUT2D eigenvalue weighted by Gasteiger charge is -2.36. The van der Waals surface area contributed by atoms with Gasteiger partial charge in [0, 0.05) is 18.2 Å². The number of para-hydroxylation sites is 3. The molecule has 2 amide bonds. The third-order valence-electron chi connectivity index (χ3n) is 7.89. The molecule has 0 radical (unpaired) electrons. The first-order chi connectivity index (χ1) is 24.4. The maximum Gasteiger partial charge on any atom is 0.283 e. The quantitative estimate of drug-likeness (QED) is 0.0498. The first-order valence-electron chi connectivity index (χ1n) is 15.4. The Labute approximate surface area is 296 Å². The van der Waals surface area contributed by atoms with Crippen molar-refractivity contribution in [2.24, 2.45) is 0 Å². The molecule has 6 aromatic rings. The van der Waals surface area contributed by atoms with E-state index in [1.807, 2.05) is 77.4 Å². The molecule has 0 N–H and O–H groups in total. The summed E-state index contributed by atoms with van der Waals surface area (Å²) in [6.07, 6.45) is 1.87. The number of nitrogens with zero attached hydrogens (tertiary/aromatic N) is 6. The minimum Gasteiger partial charge on any atom is -0.273 e. The van der Waals surface area contributed by atoms with Crippen molar-refractivity contribution < 1.29 is 14.5 Å². The first-order valence-corrected chi connectivity index (χ1v) is 16.7. The number of rotatable bonds is 9. The van der Waals surface area contributed by atoms with E-state index in [1.54, 1.807) is 60.7 Å². The zero-order valence-electron chi connectivity index (χ0n) is 26.2. The normalized spacial score (nSPS) is 13.1. The molecule has 1 aliphatic heterocycles. The van der Waals surface area contributed by atoms with Gasteiger partial charge < -0.3 is 0 Å². The predicted molar refractivity (Wildman–Crippen MR) is 196 cm³/mol. The number of anilines is 2. The number of nitro groups is 1. The van der Waals surface area contributed by atoms with Gasteiger partial charge in [-0.05, 0) is 83.6 Å². The van der Waals surface area contributed by atoms with Crippen LogP contribution in [0, 0.1) is 10.1 Å².